The van der Waals surface area contributed by atoms with Crippen molar-refractivity contribution in [3.63, 3.8) is 0 Å². The summed E-state index contributed by atoms with van der Waals surface area (Å²) in [5.41, 5.74) is 3.42. The second-order valence-corrected chi connectivity index (χ2v) is 5.96. The van der Waals surface area contributed by atoms with Crippen molar-refractivity contribution >= 4 is 0 Å². The van der Waals surface area contributed by atoms with Crippen molar-refractivity contribution in [1.29, 1.82) is 0 Å². The Balaban J connectivity index is 2.05. The summed E-state index contributed by atoms with van der Waals surface area (Å²) < 4.78 is 0. The molecule has 0 aliphatic carbocycles. The van der Waals surface area contributed by atoms with Crippen LogP contribution in [0.3, 0.4) is 0 Å². The lowest BCUT2D eigenvalue weighted by atomic mass is 9.76. The van der Waals surface area contributed by atoms with E-state index in [4.69, 9.17) is 0 Å². The molecule has 0 bridgehead atoms. The van der Waals surface area contributed by atoms with Gasteiger partial charge < -0.3 is 10.2 Å². The number of rotatable bonds is 4. The maximum Gasteiger partial charge on any atom is 0.117 e. The molecule has 0 aromatic heterocycles. The highest BCUT2D eigenvalue weighted by Crippen LogP contribution is 2.42. The lowest BCUT2D eigenvalue weighted by molar-refractivity contribution is 0.242. The Bertz CT molecular complexity index is 714. The van der Waals surface area contributed by atoms with Crippen LogP contribution in [0.25, 0.3) is 0 Å². The van der Waals surface area contributed by atoms with Crippen LogP contribution in [0.2, 0.25) is 0 Å². The summed E-state index contributed by atoms with van der Waals surface area (Å²) in [5, 5.41) is 3.33. The van der Waals surface area contributed by atoms with E-state index in [9.17, 15) is 0 Å². The first kappa shape index (κ1) is 14.6. The number of nitrogens with one attached hydrogen (secondary N) is 1. The summed E-state index contributed by atoms with van der Waals surface area (Å²) in [6.07, 6.45) is 4.16. The largest absolute Gasteiger partial charge is 0.372 e. The molecular weight excluding hydrogens is 292 g/mol. The molecule has 0 amide bonds. The summed E-state index contributed by atoms with van der Waals surface area (Å²) in [7, 11) is 0. The number of hydrogen-bond acceptors (Lipinski definition) is 2. The van der Waals surface area contributed by atoms with Gasteiger partial charge in [0, 0.05) is 12.4 Å². The lowest BCUT2D eigenvalue weighted by Crippen LogP contribution is -2.45. The minimum atomic E-state index is -0.357. The van der Waals surface area contributed by atoms with Gasteiger partial charge in [0.2, 0.25) is 0 Å². The molecule has 1 heterocycles. The van der Waals surface area contributed by atoms with Crippen LogP contribution in [-0.4, -0.2) is 11.6 Å². The van der Waals surface area contributed by atoms with E-state index < -0.39 is 0 Å². The molecular formula is C22H20N2. The minimum Gasteiger partial charge on any atom is -0.372 e. The highest BCUT2D eigenvalue weighted by Gasteiger charge is 2.41. The molecule has 0 unspecified atom stereocenters. The van der Waals surface area contributed by atoms with Gasteiger partial charge in [-0.25, -0.2) is 0 Å². The number of hydrogen-bond donors (Lipinski definition) is 1. The Kier molecular flexibility index (Phi) is 3.80. The van der Waals surface area contributed by atoms with Crippen molar-refractivity contribution in [2.45, 2.75) is 5.54 Å². The van der Waals surface area contributed by atoms with Crippen LogP contribution < -0.4 is 5.32 Å². The maximum absolute atomic E-state index is 3.33. The fourth-order valence-corrected chi connectivity index (χ4v) is 3.61. The average molecular weight is 312 g/mol. The standard InChI is InChI=1S/C22H20N2/c1-4-10-19(11-5-1)22(24-17-16-23-18-24,20-12-6-2-7-13-20)21-14-8-3-9-15-21/h1-17,23H,18H2. The van der Waals surface area contributed by atoms with Crippen LogP contribution in [0.5, 0.6) is 0 Å². The first-order chi connectivity index (χ1) is 11.9. The van der Waals surface area contributed by atoms with Crippen molar-refractivity contribution in [3.05, 3.63) is 120 Å². The fraction of sp³-hybridized carbons (Fsp3) is 0.0909. The SMILES string of the molecule is C1=CN(C(c2ccccc2)(c2ccccc2)c2ccccc2)CN1. The molecule has 118 valence electrons. The third-order valence-corrected chi connectivity index (χ3v) is 4.64. The highest BCUT2D eigenvalue weighted by molar-refractivity contribution is 5.50. The summed E-state index contributed by atoms with van der Waals surface area (Å²) in [5.74, 6) is 0. The molecule has 24 heavy (non-hydrogen) atoms. The topological polar surface area (TPSA) is 15.3 Å². The fourth-order valence-electron chi connectivity index (χ4n) is 3.61. The van der Waals surface area contributed by atoms with Gasteiger partial charge in [-0.15, -0.1) is 0 Å². The monoisotopic (exact) mass is 312 g/mol. The quantitative estimate of drug-likeness (QED) is 0.722. The van der Waals surface area contributed by atoms with Crippen LogP contribution in [0.15, 0.2) is 103 Å². The number of nitrogens with zero attached hydrogens (tertiary/aromatic N) is 1. The third-order valence-electron chi connectivity index (χ3n) is 4.64. The Morgan fingerprint density at radius 2 is 1.04 bits per heavy atom. The zero-order chi connectivity index (χ0) is 16.2. The summed E-state index contributed by atoms with van der Waals surface area (Å²) in [6, 6.07) is 32.2. The van der Waals surface area contributed by atoms with Gasteiger partial charge in [-0.3, -0.25) is 0 Å². The van der Waals surface area contributed by atoms with Gasteiger partial charge >= 0.3 is 0 Å². The van der Waals surface area contributed by atoms with E-state index in [0.717, 1.165) is 6.67 Å². The first-order valence-electron chi connectivity index (χ1n) is 8.26. The van der Waals surface area contributed by atoms with E-state index in [1.165, 1.54) is 16.7 Å². The second-order valence-electron chi connectivity index (χ2n) is 5.96. The Morgan fingerprint density at radius 1 is 0.625 bits per heavy atom. The molecule has 0 atom stereocenters. The van der Waals surface area contributed by atoms with Crippen molar-refractivity contribution in [2.24, 2.45) is 0 Å². The third kappa shape index (κ3) is 2.28. The zero-order valence-corrected chi connectivity index (χ0v) is 13.5. The van der Waals surface area contributed by atoms with Crippen LogP contribution in [0.1, 0.15) is 16.7 Å². The zero-order valence-electron chi connectivity index (χ0n) is 13.5. The molecule has 0 radical (unpaired) electrons. The van der Waals surface area contributed by atoms with Gasteiger partial charge in [0.25, 0.3) is 0 Å². The van der Waals surface area contributed by atoms with Gasteiger partial charge in [0.1, 0.15) is 5.54 Å². The molecule has 0 saturated carbocycles. The first-order valence-corrected chi connectivity index (χ1v) is 8.26. The van der Waals surface area contributed by atoms with Gasteiger partial charge in [-0.1, -0.05) is 91.0 Å². The van der Waals surface area contributed by atoms with E-state index in [1.54, 1.807) is 0 Å². The Labute approximate surface area is 143 Å². The Morgan fingerprint density at radius 3 is 1.38 bits per heavy atom. The van der Waals surface area contributed by atoms with Gasteiger partial charge in [-0.05, 0) is 16.7 Å². The van der Waals surface area contributed by atoms with Gasteiger partial charge in [0.15, 0.2) is 0 Å². The van der Waals surface area contributed by atoms with Crippen LogP contribution >= 0.6 is 0 Å². The van der Waals surface area contributed by atoms with E-state index in [1.807, 2.05) is 6.20 Å². The molecule has 1 aliphatic rings. The van der Waals surface area contributed by atoms with Crippen LogP contribution in [0.4, 0.5) is 0 Å². The molecule has 1 aliphatic heterocycles. The summed E-state index contributed by atoms with van der Waals surface area (Å²) in [6.45, 7) is 0.776. The lowest BCUT2D eigenvalue weighted by Gasteiger charge is -2.43. The molecule has 3 aromatic carbocycles. The van der Waals surface area contributed by atoms with Crippen LogP contribution in [0, 0.1) is 0 Å². The van der Waals surface area contributed by atoms with Crippen molar-refractivity contribution in [1.82, 2.24) is 10.2 Å². The average Bonchev–Trinajstić information content (AvgIpc) is 3.20. The van der Waals surface area contributed by atoms with E-state index in [-0.39, 0.29) is 5.54 Å². The predicted molar refractivity (Wildman–Crippen MR) is 98.2 cm³/mol. The molecule has 0 saturated heterocycles. The second kappa shape index (κ2) is 6.25. The van der Waals surface area contributed by atoms with Gasteiger partial charge in [0.05, 0.1) is 6.67 Å². The molecule has 2 heteroatoms. The van der Waals surface area contributed by atoms with Crippen molar-refractivity contribution < 1.29 is 0 Å². The molecule has 2 nitrogen and oxygen atoms in total. The van der Waals surface area contributed by atoms with Crippen molar-refractivity contribution in [2.75, 3.05) is 6.67 Å². The minimum absolute atomic E-state index is 0.357. The van der Waals surface area contributed by atoms with Gasteiger partial charge in [-0.2, -0.15) is 0 Å². The maximum atomic E-state index is 3.33. The normalized spacial score (nSPS) is 13.8. The molecule has 1 N–H and O–H groups in total. The van der Waals surface area contributed by atoms with E-state index >= 15 is 0 Å². The van der Waals surface area contributed by atoms with E-state index in [0.29, 0.717) is 0 Å². The molecule has 0 fully saturated rings. The molecule has 4 rings (SSSR count). The van der Waals surface area contributed by atoms with Crippen molar-refractivity contribution in [3.8, 4) is 0 Å². The Hall–Kier alpha value is -3.00. The number of benzene rings is 3. The van der Waals surface area contributed by atoms with E-state index in [2.05, 4.69) is 107 Å². The summed E-state index contributed by atoms with van der Waals surface area (Å²) in [4.78, 5) is 2.37. The smallest absolute Gasteiger partial charge is 0.117 e. The summed E-state index contributed by atoms with van der Waals surface area (Å²) >= 11 is 0. The molecule has 0 spiro atoms. The predicted octanol–water partition coefficient (Wildman–Crippen LogP) is 4.31. The highest BCUT2D eigenvalue weighted by atomic mass is 15.3. The van der Waals surface area contributed by atoms with Crippen LogP contribution in [-0.2, 0) is 5.54 Å². The molecule has 3 aromatic rings.